The molecular weight excluding hydrogens is 336 g/mol. The third-order valence-electron chi connectivity index (χ3n) is 4.28. The molecule has 1 aromatic heterocycles. The molecule has 0 spiro atoms. The van der Waals surface area contributed by atoms with E-state index in [4.69, 9.17) is 0 Å². The molecule has 1 aliphatic heterocycles. The Bertz CT molecular complexity index is 873. The lowest BCUT2D eigenvalue weighted by Crippen LogP contribution is -2.42. The predicted octanol–water partition coefficient (Wildman–Crippen LogP) is 1.03. The summed E-state index contributed by atoms with van der Waals surface area (Å²) in [7, 11) is 0. The number of urea groups is 1. The smallest absolute Gasteiger partial charge is 0.334 e. The maximum Gasteiger partial charge on any atom is 0.334 e. The minimum Gasteiger partial charge on any atom is -0.361 e. The molecule has 0 aliphatic carbocycles. The molecule has 1 fully saturated rings. The van der Waals surface area contributed by atoms with Crippen molar-refractivity contribution < 1.29 is 19.2 Å². The number of imide groups is 2. The normalized spacial score (nSPS) is 14.6. The number of rotatable bonds is 7. The largest absolute Gasteiger partial charge is 0.361 e. The quantitative estimate of drug-likeness (QED) is 0.571. The van der Waals surface area contributed by atoms with Crippen molar-refractivity contribution in [2.24, 2.45) is 0 Å². The molecule has 0 atom stereocenters. The van der Waals surface area contributed by atoms with Crippen LogP contribution >= 0.6 is 0 Å². The Balaban J connectivity index is 1.53. The fourth-order valence-corrected chi connectivity index (χ4v) is 2.99. The van der Waals surface area contributed by atoms with Crippen LogP contribution in [-0.4, -0.2) is 58.2 Å². The second kappa shape index (κ2) is 7.38. The lowest BCUT2D eigenvalue weighted by molar-refractivity contribution is -0.144. The van der Waals surface area contributed by atoms with Crippen molar-refractivity contribution in [2.45, 2.75) is 19.8 Å². The summed E-state index contributed by atoms with van der Waals surface area (Å²) < 4.78 is 0. The van der Waals surface area contributed by atoms with Crippen molar-refractivity contribution in [3.63, 3.8) is 0 Å². The van der Waals surface area contributed by atoms with Crippen molar-refractivity contribution >= 4 is 34.7 Å². The van der Waals surface area contributed by atoms with Gasteiger partial charge in [-0.05, 0) is 24.5 Å². The summed E-state index contributed by atoms with van der Waals surface area (Å²) in [4.78, 5) is 52.5. The SMILES string of the molecule is CCCN1C(=O)C(=O)N(CC(=O)NCCc2c[nH]c3ccccc23)C1=O. The maximum absolute atomic E-state index is 12.1. The zero-order valence-corrected chi connectivity index (χ0v) is 14.4. The average molecular weight is 356 g/mol. The topological polar surface area (TPSA) is 103 Å². The highest BCUT2D eigenvalue weighted by molar-refractivity contribution is 6.45. The van der Waals surface area contributed by atoms with Gasteiger partial charge in [0, 0.05) is 30.2 Å². The first kappa shape index (κ1) is 17.7. The average Bonchev–Trinajstić information content (AvgIpc) is 3.13. The second-order valence-electron chi connectivity index (χ2n) is 6.09. The van der Waals surface area contributed by atoms with E-state index in [1.807, 2.05) is 30.5 Å². The lowest BCUT2D eigenvalue weighted by Gasteiger charge is -2.14. The van der Waals surface area contributed by atoms with Gasteiger partial charge in [-0.1, -0.05) is 25.1 Å². The first-order valence-electron chi connectivity index (χ1n) is 8.52. The first-order chi connectivity index (χ1) is 12.5. The molecule has 1 aliphatic rings. The van der Waals surface area contributed by atoms with E-state index >= 15 is 0 Å². The number of nitrogens with one attached hydrogen (secondary N) is 2. The van der Waals surface area contributed by atoms with Gasteiger partial charge in [-0.2, -0.15) is 0 Å². The number of para-hydroxylation sites is 1. The van der Waals surface area contributed by atoms with Crippen molar-refractivity contribution in [3.05, 3.63) is 36.0 Å². The third kappa shape index (κ3) is 3.30. The fourth-order valence-electron chi connectivity index (χ4n) is 2.99. The number of amides is 5. The van der Waals surface area contributed by atoms with Crippen LogP contribution in [0.4, 0.5) is 4.79 Å². The molecule has 26 heavy (non-hydrogen) atoms. The molecule has 136 valence electrons. The number of nitrogens with zero attached hydrogens (tertiary/aromatic N) is 2. The van der Waals surface area contributed by atoms with Gasteiger partial charge in [0.2, 0.25) is 5.91 Å². The third-order valence-corrected chi connectivity index (χ3v) is 4.28. The van der Waals surface area contributed by atoms with Crippen LogP contribution < -0.4 is 5.32 Å². The van der Waals surface area contributed by atoms with E-state index < -0.39 is 30.3 Å². The molecule has 0 unspecified atom stereocenters. The molecule has 5 amide bonds. The van der Waals surface area contributed by atoms with Crippen LogP contribution in [0.25, 0.3) is 10.9 Å². The predicted molar refractivity (Wildman–Crippen MR) is 94.1 cm³/mol. The Hall–Kier alpha value is -3.16. The van der Waals surface area contributed by atoms with Crippen molar-refractivity contribution in [3.8, 4) is 0 Å². The second-order valence-corrected chi connectivity index (χ2v) is 6.09. The molecule has 3 rings (SSSR count). The van der Waals surface area contributed by atoms with Gasteiger partial charge in [0.05, 0.1) is 0 Å². The standard InChI is InChI=1S/C18H20N4O4/c1-2-9-21-16(24)17(25)22(18(21)26)11-15(23)19-8-7-12-10-20-14-6-4-3-5-13(12)14/h3-6,10,20H,2,7-9,11H2,1H3,(H,19,23). The van der Waals surface area contributed by atoms with Gasteiger partial charge in [0.25, 0.3) is 0 Å². The van der Waals surface area contributed by atoms with Gasteiger partial charge in [-0.15, -0.1) is 0 Å². The Kier molecular flexibility index (Phi) is 5.01. The number of H-pyrrole nitrogens is 1. The summed E-state index contributed by atoms with van der Waals surface area (Å²) in [5.74, 6) is -2.30. The Morgan fingerprint density at radius 1 is 1.12 bits per heavy atom. The molecule has 1 saturated heterocycles. The van der Waals surface area contributed by atoms with Crippen LogP contribution in [0.1, 0.15) is 18.9 Å². The van der Waals surface area contributed by atoms with Gasteiger partial charge in [-0.3, -0.25) is 19.3 Å². The number of benzene rings is 1. The first-order valence-corrected chi connectivity index (χ1v) is 8.52. The lowest BCUT2D eigenvalue weighted by atomic mass is 10.1. The minimum absolute atomic E-state index is 0.169. The van der Waals surface area contributed by atoms with Gasteiger partial charge in [0.1, 0.15) is 6.54 Å². The summed E-state index contributed by atoms with van der Waals surface area (Å²) in [6, 6.07) is 7.13. The van der Waals surface area contributed by atoms with Crippen molar-refractivity contribution in [1.82, 2.24) is 20.1 Å². The summed E-state index contributed by atoms with van der Waals surface area (Å²) in [5, 5.41) is 3.78. The maximum atomic E-state index is 12.1. The summed E-state index contributed by atoms with van der Waals surface area (Å²) in [6.45, 7) is 1.88. The van der Waals surface area contributed by atoms with E-state index in [2.05, 4.69) is 10.3 Å². The van der Waals surface area contributed by atoms with Crippen molar-refractivity contribution in [2.75, 3.05) is 19.6 Å². The highest BCUT2D eigenvalue weighted by atomic mass is 16.2. The Labute approximate surface area is 150 Å². The van der Waals surface area contributed by atoms with Gasteiger partial charge in [0.15, 0.2) is 0 Å². The monoisotopic (exact) mass is 356 g/mol. The minimum atomic E-state index is -0.949. The van der Waals surface area contributed by atoms with E-state index in [0.29, 0.717) is 24.3 Å². The summed E-state index contributed by atoms with van der Waals surface area (Å²) in [6.07, 6.45) is 3.06. The Morgan fingerprint density at radius 3 is 2.62 bits per heavy atom. The molecule has 2 N–H and O–H groups in total. The summed E-state index contributed by atoms with van der Waals surface area (Å²) >= 11 is 0. The number of hydrogen-bond donors (Lipinski definition) is 2. The van der Waals surface area contributed by atoms with E-state index in [-0.39, 0.29) is 6.54 Å². The van der Waals surface area contributed by atoms with Crippen LogP contribution in [0.15, 0.2) is 30.5 Å². The van der Waals surface area contributed by atoms with E-state index in [1.54, 1.807) is 6.92 Å². The molecule has 8 nitrogen and oxygen atoms in total. The molecule has 0 bridgehead atoms. The molecule has 0 radical (unpaired) electrons. The fraction of sp³-hybridized carbons (Fsp3) is 0.333. The van der Waals surface area contributed by atoms with Crippen molar-refractivity contribution in [1.29, 1.82) is 0 Å². The summed E-state index contributed by atoms with van der Waals surface area (Å²) in [5.41, 5.74) is 2.09. The zero-order chi connectivity index (χ0) is 18.7. The molecule has 0 saturated carbocycles. The van der Waals surface area contributed by atoms with Crippen LogP contribution in [-0.2, 0) is 20.8 Å². The van der Waals surface area contributed by atoms with E-state index in [9.17, 15) is 19.2 Å². The molecule has 2 aromatic rings. The number of fused-ring (bicyclic) bond motifs is 1. The molecule has 8 heteroatoms. The number of aromatic amines is 1. The number of carbonyl (C=O) groups is 4. The van der Waals surface area contributed by atoms with Gasteiger partial charge < -0.3 is 10.3 Å². The van der Waals surface area contributed by atoms with Gasteiger partial charge >= 0.3 is 17.8 Å². The zero-order valence-electron chi connectivity index (χ0n) is 14.4. The molecule has 2 heterocycles. The van der Waals surface area contributed by atoms with Crippen LogP contribution in [0.3, 0.4) is 0 Å². The van der Waals surface area contributed by atoms with Crippen LogP contribution in [0, 0.1) is 0 Å². The van der Waals surface area contributed by atoms with E-state index in [0.717, 1.165) is 21.4 Å². The number of aromatic nitrogens is 1. The highest BCUT2D eigenvalue weighted by Crippen LogP contribution is 2.17. The van der Waals surface area contributed by atoms with Gasteiger partial charge in [-0.25, -0.2) is 9.69 Å². The highest BCUT2D eigenvalue weighted by Gasteiger charge is 2.44. The molecular formula is C18H20N4O4. The Morgan fingerprint density at radius 2 is 1.85 bits per heavy atom. The molecule has 1 aromatic carbocycles. The number of hydrogen-bond acceptors (Lipinski definition) is 4. The van der Waals surface area contributed by atoms with E-state index in [1.165, 1.54) is 0 Å². The van der Waals surface area contributed by atoms with Crippen LogP contribution in [0.5, 0.6) is 0 Å². The van der Waals surface area contributed by atoms with Crippen LogP contribution in [0.2, 0.25) is 0 Å². The number of carbonyl (C=O) groups excluding carboxylic acids is 4.